The molecule has 2 fully saturated rings. The van der Waals surface area contributed by atoms with Crippen molar-refractivity contribution in [3.8, 4) is 11.1 Å². The number of aryl methyl sites for hydroxylation is 1. The van der Waals surface area contributed by atoms with E-state index in [4.69, 9.17) is 4.74 Å². The van der Waals surface area contributed by atoms with Gasteiger partial charge in [-0.25, -0.2) is 14.4 Å². The summed E-state index contributed by atoms with van der Waals surface area (Å²) in [6.07, 6.45) is 8.40. The number of piperazine rings is 1. The van der Waals surface area contributed by atoms with E-state index in [2.05, 4.69) is 32.0 Å². The normalized spacial score (nSPS) is 19.8. The van der Waals surface area contributed by atoms with E-state index in [0.717, 1.165) is 63.5 Å². The molecular weight excluding hydrogens is 627 g/mol. The van der Waals surface area contributed by atoms with Crippen LogP contribution in [0.25, 0.3) is 11.1 Å². The number of carbonyl (C=O) groups is 1. The van der Waals surface area contributed by atoms with Crippen LogP contribution in [0.1, 0.15) is 47.1 Å². The second-order valence-corrected chi connectivity index (χ2v) is 13.5. The van der Waals surface area contributed by atoms with Gasteiger partial charge in [-0.3, -0.25) is 19.4 Å². The zero-order valence-electron chi connectivity index (χ0n) is 27.9. The molecule has 1 amide bonds. The number of amides is 1. The fourth-order valence-electron chi connectivity index (χ4n) is 7.94. The van der Waals surface area contributed by atoms with E-state index < -0.39 is 18.3 Å². The lowest BCUT2D eigenvalue weighted by atomic mass is 9.97. The summed E-state index contributed by atoms with van der Waals surface area (Å²) in [7, 11) is 1.66. The Morgan fingerprint density at radius 1 is 1.06 bits per heavy atom. The van der Waals surface area contributed by atoms with Gasteiger partial charge < -0.3 is 29.2 Å². The first-order valence-corrected chi connectivity index (χ1v) is 17.1. The lowest BCUT2D eigenvalue weighted by Crippen LogP contribution is -2.60. The number of nitrogens with zero attached hydrogens (tertiary/aromatic N) is 7. The quantitative estimate of drug-likeness (QED) is 0.305. The van der Waals surface area contributed by atoms with Crippen LogP contribution in [0.4, 0.5) is 27.4 Å². The third-order valence-electron chi connectivity index (χ3n) is 10.6. The Labute approximate surface area is 283 Å². The van der Waals surface area contributed by atoms with Gasteiger partial charge in [0.2, 0.25) is 0 Å². The number of ether oxygens (including phenoxy) is 1. The largest absolute Gasteiger partial charge is 0.392 e. The Bertz CT molecular complexity index is 1970. The first-order valence-electron chi connectivity index (χ1n) is 17.1. The van der Waals surface area contributed by atoms with Crippen molar-refractivity contribution in [1.82, 2.24) is 24.0 Å². The minimum atomic E-state index is -0.459. The molecule has 13 heteroatoms. The summed E-state index contributed by atoms with van der Waals surface area (Å²) in [6.45, 7) is 7.02. The summed E-state index contributed by atoms with van der Waals surface area (Å²) < 4.78 is 24.3. The number of fused-ring (bicyclic) bond motifs is 3. The standard InChI is InChI=1S/C36H41FN8O4/c1-22-17-42(11-12-43(22)25-20-49-21-25)24-7-8-31(39-16-24)40-29-15-23(18-41(2)35(29)47)26-9-10-38-34(28(26)19-46)45-14-13-44-30-6-4-3-5-27(30)32(37)33(44)36(45)48/h7-10,15-16,18,22,25,46H,3-6,11-14,17,19-21H2,1-2H3,(H,39,40)/t22-/m1/s1. The summed E-state index contributed by atoms with van der Waals surface area (Å²) in [5, 5.41) is 13.8. The topological polar surface area (TPSA) is 121 Å². The van der Waals surface area contributed by atoms with E-state index in [1.165, 1.54) is 9.47 Å². The predicted octanol–water partition coefficient (Wildman–Crippen LogP) is 3.47. The van der Waals surface area contributed by atoms with Gasteiger partial charge in [0.05, 0.1) is 37.7 Å². The number of hydrogen-bond donors (Lipinski definition) is 2. The maximum absolute atomic E-state index is 15.6. The zero-order valence-corrected chi connectivity index (χ0v) is 27.9. The van der Waals surface area contributed by atoms with Gasteiger partial charge in [-0.15, -0.1) is 0 Å². The van der Waals surface area contributed by atoms with Gasteiger partial charge in [0.1, 0.15) is 23.0 Å². The molecule has 0 spiro atoms. The molecule has 3 aliphatic heterocycles. The molecule has 4 aromatic rings. The van der Waals surface area contributed by atoms with E-state index in [0.29, 0.717) is 65.4 Å². The van der Waals surface area contributed by atoms with Crippen LogP contribution in [-0.2, 0) is 37.8 Å². The van der Waals surface area contributed by atoms with E-state index in [-0.39, 0.29) is 17.1 Å². The molecule has 12 nitrogen and oxygen atoms in total. The number of aromatic nitrogens is 4. The molecule has 4 aromatic heterocycles. The number of carbonyl (C=O) groups excluding carboxylic acids is 1. The highest BCUT2D eigenvalue weighted by atomic mass is 19.1. The van der Waals surface area contributed by atoms with Crippen molar-refractivity contribution in [3.05, 3.63) is 81.5 Å². The Balaban J connectivity index is 1.05. The summed E-state index contributed by atoms with van der Waals surface area (Å²) in [6, 6.07) is 8.29. The van der Waals surface area contributed by atoms with E-state index in [1.54, 1.807) is 31.6 Å². The summed E-state index contributed by atoms with van der Waals surface area (Å²) >= 11 is 0. The highest BCUT2D eigenvalue weighted by Crippen LogP contribution is 2.36. The van der Waals surface area contributed by atoms with Gasteiger partial charge in [0.25, 0.3) is 11.5 Å². The van der Waals surface area contributed by atoms with E-state index in [9.17, 15) is 14.7 Å². The van der Waals surface area contributed by atoms with Gasteiger partial charge in [0, 0.05) is 80.6 Å². The molecule has 7 heterocycles. The number of aliphatic hydroxyl groups excluding tert-OH is 1. The van der Waals surface area contributed by atoms with Crippen LogP contribution < -0.4 is 20.7 Å². The van der Waals surface area contributed by atoms with E-state index >= 15 is 4.39 Å². The second-order valence-electron chi connectivity index (χ2n) is 13.5. The van der Waals surface area contributed by atoms with Crippen LogP contribution in [-0.4, -0.2) is 86.5 Å². The van der Waals surface area contributed by atoms with Crippen molar-refractivity contribution in [1.29, 1.82) is 0 Å². The van der Waals surface area contributed by atoms with Crippen LogP contribution in [0.5, 0.6) is 0 Å². The fraction of sp³-hybridized carbons (Fsp3) is 0.444. The molecule has 1 atom stereocenters. The smallest absolute Gasteiger partial charge is 0.279 e. The van der Waals surface area contributed by atoms with E-state index in [1.807, 2.05) is 22.9 Å². The molecule has 0 radical (unpaired) electrons. The van der Waals surface area contributed by atoms with Crippen molar-refractivity contribution >= 4 is 28.9 Å². The number of hydrogen-bond acceptors (Lipinski definition) is 9. The van der Waals surface area contributed by atoms with Crippen molar-refractivity contribution in [2.75, 3.05) is 54.5 Å². The molecule has 2 N–H and O–H groups in total. The molecule has 0 unspecified atom stereocenters. The number of nitrogens with one attached hydrogen (secondary N) is 1. The number of pyridine rings is 3. The number of rotatable bonds is 7. The van der Waals surface area contributed by atoms with Crippen molar-refractivity contribution in [3.63, 3.8) is 0 Å². The van der Waals surface area contributed by atoms with Crippen LogP contribution in [0, 0.1) is 5.82 Å². The monoisotopic (exact) mass is 668 g/mol. The SMILES string of the molecule is C[C@@H]1CN(c2ccc(Nc3cc(-c4ccnc(N5CCn6c7c(c(F)c6C5=O)CCCC7)c4CO)cn(C)c3=O)nc2)CCN1C1COC1. The molecule has 0 bridgehead atoms. The Hall–Kier alpha value is -4.59. The third kappa shape index (κ3) is 5.49. The van der Waals surface area contributed by atoms with Gasteiger partial charge >= 0.3 is 0 Å². The lowest BCUT2D eigenvalue weighted by molar-refractivity contribution is -0.0792. The molecule has 8 rings (SSSR count). The summed E-state index contributed by atoms with van der Waals surface area (Å²) in [4.78, 5) is 42.5. The van der Waals surface area contributed by atoms with Crippen LogP contribution in [0.2, 0.25) is 0 Å². The highest BCUT2D eigenvalue weighted by molar-refractivity contribution is 6.06. The number of anilines is 4. The van der Waals surface area contributed by atoms with Gasteiger partial charge in [-0.05, 0) is 62.4 Å². The van der Waals surface area contributed by atoms with Crippen molar-refractivity contribution in [2.45, 2.75) is 57.8 Å². The molecule has 0 saturated carbocycles. The zero-order chi connectivity index (χ0) is 33.8. The first-order chi connectivity index (χ1) is 23.8. The van der Waals surface area contributed by atoms with Crippen LogP contribution in [0.15, 0.2) is 47.7 Å². The molecule has 4 aliphatic rings. The third-order valence-corrected chi connectivity index (χ3v) is 10.6. The Kier molecular flexibility index (Phi) is 8.21. The lowest BCUT2D eigenvalue weighted by Gasteiger charge is -2.47. The molecule has 2 saturated heterocycles. The first kappa shape index (κ1) is 31.7. The maximum atomic E-state index is 15.6. The molecule has 256 valence electrons. The van der Waals surface area contributed by atoms with Gasteiger partial charge in [-0.2, -0.15) is 0 Å². The minimum Gasteiger partial charge on any atom is -0.392 e. The minimum absolute atomic E-state index is 0.0712. The predicted molar refractivity (Wildman–Crippen MR) is 184 cm³/mol. The van der Waals surface area contributed by atoms with Crippen LogP contribution in [0.3, 0.4) is 0 Å². The van der Waals surface area contributed by atoms with Crippen molar-refractivity contribution < 1.29 is 19.0 Å². The number of halogens is 1. The van der Waals surface area contributed by atoms with Crippen LogP contribution >= 0.6 is 0 Å². The summed E-state index contributed by atoms with van der Waals surface area (Å²) in [5.41, 5.74) is 4.43. The molecule has 49 heavy (non-hydrogen) atoms. The summed E-state index contributed by atoms with van der Waals surface area (Å²) in [5.74, 6) is -0.0790. The maximum Gasteiger partial charge on any atom is 0.279 e. The molecule has 1 aliphatic carbocycles. The average molecular weight is 669 g/mol. The highest BCUT2D eigenvalue weighted by Gasteiger charge is 2.37. The van der Waals surface area contributed by atoms with Gasteiger partial charge in [-0.1, -0.05) is 0 Å². The number of aliphatic hydroxyl groups is 1. The molecule has 0 aromatic carbocycles. The fourth-order valence-corrected chi connectivity index (χ4v) is 7.94. The average Bonchev–Trinajstić information content (AvgIpc) is 3.39. The Morgan fingerprint density at radius 2 is 1.90 bits per heavy atom. The van der Waals surface area contributed by atoms with Gasteiger partial charge in [0.15, 0.2) is 5.82 Å². The second kappa shape index (κ2) is 12.7. The molecular formula is C36H41FN8O4. The Morgan fingerprint density at radius 3 is 2.63 bits per heavy atom. The van der Waals surface area contributed by atoms with Crippen molar-refractivity contribution in [2.24, 2.45) is 7.05 Å².